The van der Waals surface area contributed by atoms with Crippen LogP contribution in [0.3, 0.4) is 0 Å². The van der Waals surface area contributed by atoms with Crippen molar-refractivity contribution < 1.29 is 20.8 Å². The van der Waals surface area contributed by atoms with E-state index in [-0.39, 0.29) is 10.8 Å². The van der Waals surface area contributed by atoms with E-state index in [0.717, 1.165) is 9.52 Å². The molecule has 0 spiro atoms. The van der Waals surface area contributed by atoms with Crippen molar-refractivity contribution in [2.24, 2.45) is 10.8 Å². The SMILES string of the molecule is CC1(Cc2cc3c(-c4ccc(C(C)(C)C)cc4)cccc3[cH-]2)CC=CCC1.CC1(Cc2cc3c(-c4ccc(C(C)(C)C)cc4)cccc3[cH-]2)CC=CCC1.C[Si]C.[Cl][Zr+2][Cl]. The predicted molar refractivity (Wildman–Crippen MR) is 266 cm³/mol. The van der Waals surface area contributed by atoms with Gasteiger partial charge >= 0.3 is 37.9 Å². The van der Waals surface area contributed by atoms with Gasteiger partial charge in [0, 0.05) is 9.52 Å². The second-order valence-electron chi connectivity index (χ2n) is 20.0. The third-order valence-electron chi connectivity index (χ3n) is 12.4. The molecule has 6 aromatic carbocycles. The molecule has 2 radical (unpaired) electrons. The summed E-state index contributed by atoms with van der Waals surface area (Å²) in [6.07, 6.45) is 19.2. The zero-order valence-corrected chi connectivity index (χ0v) is 43.1. The van der Waals surface area contributed by atoms with Crippen LogP contribution in [-0.4, -0.2) is 9.52 Å². The molecule has 8 rings (SSSR count). The van der Waals surface area contributed by atoms with Crippen molar-refractivity contribution in [3.8, 4) is 22.3 Å². The van der Waals surface area contributed by atoms with Crippen LogP contribution in [-0.2, 0) is 44.5 Å². The number of benzene rings is 4. The number of allylic oxidation sites excluding steroid dienone is 4. The molecule has 0 saturated heterocycles. The molecule has 0 heterocycles. The Labute approximate surface area is 385 Å². The fraction of sp³-hybridized carbons (Fsp3) is 0.393. The van der Waals surface area contributed by atoms with Crippen molar-refractivity contribution in [3.05, 3.63) is 156 Å². The third-order valence-corrected chi connectivity index (χ3v) is 12.4. The van der Waals surface area contributed by atoms with Crippen LogP contribution >= 0.6 is 17.0 Å². The van der Waals surface area contributed by atoms with Crippen molar-refractivity contribution in [2.75, 3.05) is 0 Å². The minimum atomic E-state index is -0.826. The Bertz CT molecular complexity index is 2140. The van der Waals surface area contributed by atoms with Gasteiger partial charge in [0.2, 0.25) is 0 Å². The molecule has 0 saturated carbocycles. The van der Waals surface area contributed by atoms with E-state index < -0.39 is 20.8 Å². The van der Waals surface area contributed by atoms with Crippen LogP contribution in [0.5, 0.6) is 0 Å². The number of hydrogen-bond acceptors (Lipinski definition) is 0. The van der Waals surface area contributed by atoms with Gasteiger partial charge in [0.1, 0.15) is 0 Å². The third kappa shape index (κ3) is 13.1. The molecule has 0 bridgehead atoms. The van der Waals surface area contributed by atoms with Crippen molar-refractivity contribution in [2.45, 2.75) is 131 Å². The predicted octanol–water partition coefficient (Wildman–Crippen LogP) is 17.8. The normalized spacial score (nSPS) is 18.7. The van der Waals surface area contributed by atoms with Gasteiger partial charge in [-0.05, 0) is 95.3 Å². The van der Waals surface area contributed by atoms with Crippen LogP contribution in [0.4, 0.5) is 0 Å². The molecule has 314 valence electrons. The summed E-state index contributed by atoms with van der Waals surface area (Å²) in [5.74, 6) is 0. The summed E-state index contributed by atoms with van der Waals surface area (Å²) in [5.41, 5.74) is 12.3. The van der Waals surface area contributed by atoms with Crippen LogP contribution in [0.2, 0.25) is 13.1 Å². The fourth-order valence-electron chi connectivity index (χ4n) is 8.95. The summed E-state index contributed by atoms with van der Waals surface area (Å²) >= 11 is -0.826. The number of rotatable bonds is 6. The van der Waals surface area contributed by atoms with Gasteiger partial charge in [-0.3, -0.25) is 0 Å². The van der Waals surface area contributed by atoms with Gasteiger partial charge in [0.15, 0.2) is 0 Å². The Balaban J connectivity index is 0.000000201. The second-order valence-corrected chi connectivity index (χ2v) is 24.7. The van der Waals surface area contributed by atoms with Crippen LogP contribution in [0, 0.1) is 10.8 Å². The second kappa shape index (κ2) is 21.6. The average Bonchev–Trinajstić information content (AvgIpc) is 3.81. The van der Waals surface area contributed by atoms with Gasteiger partial charge in [0.05, 0.1) is 0 Å². The quantitative estimate of drug-likeness (QED) is 0.0887. The molecule has 0 amide bonds. The first-order valence-electron chi connectivity index (χ1n) is 21.9. The van der Waals surface area contributed by atoms with Crippen LogP contribution < -0.4 is 0 Å². The number of hydrogen-bond donors (Lipinski definition) is 0. The Hall–Kier alpha value is -2.74. The first kappa shape index (κ1) is 48.3. The molecule has 0 nitrogen and oxygen atoms in total. The molecule has 2 atom stereocenters. The Morgan fingerprint density at radius 1 is 0.567 bits per heavy atom. The first-order chi connectivity index (χ1) is 28.5. The summed E-state index contributed by atoms with van der Waals surface area (Å²) in [7, 11) is 11.0. The zero-order chi connectivity index (χ0) is 43.6. The molecule has 0 aromatic heterocycles. The van der Waals surface area contributed by atoms with Crippen LogP contribution in [0.1, 0.15) is 116 Å². The summed E-state index contributed by atoms with van der Waals surface area (Å²) in [6.45, 7) is 22.8. The summed E-state index contributed by atoms with van der Waals surface area (Å²) < 4.78 is 0. The van der Waals surface area contributed by atoms with Gasteiger partial charge in [-0.1, -0.05) is 165 Å². The van der Waals surface area contributed by atoms with E-state index in [4.69, 9.17) is 17.0 Å². The maximum absolute atomic E-state index is 4.93. The van der Waals surface area contributed by atoms with E-state index in [2.05, 4.69) is 202 Å². The van der Waals surface area contributed by atoms with E-state index in [9.17, 15) is 0 Å². The topological polar surface area (TPSA) is 0 Å². The molecule has 2 aliphatic rings. The molecule has 2 aliphatic carbocycles. The molecule has 4 heteroatoms. The standard InChI is InChI=1S/2C27H31.C2H6Si.2ClH.Zr/c2*1-26(2,3)23-13-11-21(12-14-23)24-10-8-9-22-17-20(18-25(22)24)19-27(4)15-6-5-7-16-27;1-3-2;;;/h2*5-6,8-14,17-18H,7,15-16,19H2,1-4H3;1-2H3;2*1H;/q2*-1;;;;+4/p-2. The maximum atomic E-state index is 4.93. The fourth-order valence-corrected chi connectivity index (χ4v) is 8.95. The molecule has 60 heavy (non-hydrogen) atoms. The van der Waals surface area contributed by atoms with Crippen LogP contribution in [0.25, 0.3) is 43.8 Å². The minimum absolute atomic E-state index is 0.196. The molecule has 2 unspecified atom stereocenters. The van der Waals surface area contributed by atoms with Gasteiger partial charge in [0.25, 0.3) is 0 Å². The summed E-state index contributed by atoms with van der Waals surface area (Å²) in [6, 6.07) is 41.4. The van der Waals surface area contributed by atoms with Crippen molar-refractivity contribution >= 4 is 48.1 Å². The van der Waals surface area contributed by atoms with Crippen molar-refractivity contribution in [1.82, 2.24) is 0 Å². The van der Waals surface area contributed by atoms with E-state index >= 15 is 0 Å². The number of halogens is 2. The molecule has 0 fully saturated rings. The monoisotopic (exact) mass is 928 g/mol. The Kier molecular flexibility index (Phi) is 17.4. The first-order valence-corrected chi connectivity index (χ1v) is 30.3. The average molecular weight is 931 g/mol. The molecule has 0 N–H and O–H groups in total. The van der Waals surface area contributed by atoms with Gasteiger partial charge in [-0.25, -0.2) is 0 Å². The van der Waals surface area contributed by atoms with Gasteiger partial charge in [-0.2, -0.15) is 12.1 Å². The zero-order valence-electron chi connectivity index (χ0n) is 38.1. The van der Waals surface area contributed by atoms with Crippen molar-refractivity contribution in [3.63, 3.8) is 0 Å². The van der Waals surface area contributed by atoms with E-state index in [1.165, 1.54) is 117 Å². The van der Waals surface area contributed by atoms with Crippen LogP contribution in [0.15, 0.2) is 133 Å². The van der Waals surface area contributed by atoms with E-state index in [1.807, 2.05) is 0 Å². The summed E-state index contributed by atoms with van der Waals surface area (Å²) in [5, 5.41) is 5.53. The Morgan fingerprint density at radius 3 is 1.22 bits per heavy atom. The Morgan fingerprint density at radius 2 is 0.917 bits per heavy atom. The molecular weight excluding hydrogens is 863 g/mol. The number of fused-ring (bicyclic) bond motifs is 2. The molecule has 6 aromatic rings. The summed E-state index contributed by atoms with van der Waals surface area (Å²) in [4.78, 5) is 0. The van der Waals surface area contributed by atoms with Gasteiger partial charge < -0.3 is 0 Å². The van der Waals surface area contributed by atoms with E-state index in [1.54, 1.807) is 0 Å². The molecule has 0 aliphatic heterocycles. The van der Waals surface area contributed by atoms with Gasteiger partial charge in [-0.15, -0.1) is 69.1 Å². The molecular formula is C56H68Cl2SiZr. The van der Waals surface area contributed by atoms with Crippen molar-refractivity contribution in [1.29, 1.82) is 0 Å². The van der Waals surface area contributed by atoms with E-state index in [0.29, 0.717) is 10.8 Å².